The zero-order chi connectivity index (χ0) is 26.5. The maximum absolute atomic E-state index is 12.9. The zero-order valence-corrected chi connectivity index (χ0v) is 23.9. The number of hydrogen-bond donors (Lipinski definition) is 2. The van der Waals surface area contributed by atoms with Crippen molar-refractivity contribution in [1.82, 2.24) is 10.2 Å². The summed E-state index contributed by atoms with van der Waals surface area (Å²) in [4.78, 5) is 38.6. The highest BCUT2D eigenvalue weighted by Gasteiger charge is 2.35. The van der Waals surface area contributed by atoms with Crippen LogP contribution in [-0.2, 0) is 16.2 Å². The number of hydrogen-bond acceptors (Lipinski definition) is 5. The molecular formula is C26H20BrClIN3O5. The molecule has 4 rings (SSSR count). The Morgan fingerprint density at radius 1 is 1.16 bits per heavy atom. The number of methoxy groups -OCH3 is 1. The van der Waals surface area contributed by atoms with Crippen LogP contribution in [0.25, 0.3) is 6.08 Å². The molecule has 0 radical (unpaired) electrons. The Morgan fingerprint density at radius 2 is 1.89 bits per heavy atom. The minimum absolute atomic E-state index is 0.0191. The van der Waals surface area contributed by atoms with Gasteiger partial charge in [-0.3, -0.25) is 9.59 Å². The van der Waals surface area contributed by atoms with Gasteiger partial charge in [0.2, 0.25) is 5.91 Å². The molecule has 190 valence electrons. The number of halogens is 3. The highest BCUT2D eigenvalue weighted by molar-refractivity contribution is 14.1. The van der Waals surface area contributed by atoms with Crippen molar-refractivity contribution in [3.05, 3.63) is 90.6 Å². The molecule has 0 atom stereocenters. The van der Waals surface area contributed by atoms with Gasteiger partial charge in [-0.05, 0) is 92.1 Å². The second-order valence-corrected chi connectivity index (χ2v) is 10.4. The molecule has 2 N–H and O–H groups in total. The number of ether oxygens (including phenoxy) is 2. The molecule has 0 saturated carbocycles. The minimum Gasteiger partial charge on any atom is -0.495 e. The van der Waals surface area contributed by atoms with Crippen molar-refractivity contribution in [2.24, 2.45) is 0 Å². The van der Waals surface area contributed by atoms with Gasteiger partial charge >= 0.3 is 6.03 Å². The van der Waals surface area contributed by atoms with Gasteiger partial charge in [-0.1, -0.05) is 35.9 Å². The molecule has 0 aromatic heterocycles. The highest BCUT2D eigenvalue weighted by Crippen LogP contribution is 2.36. The standard InChI is InChI=1S/C26H20BrClIN3O5/c1-36-22-5-3-2-4-20(22)30-23(33)13-32-25(34)21(31-26(32)35)12-16-10-18(27)24(19(28)11-16)37-14-15-6-8-17(29)9-7-15/h2-12H,13-14H2,1H3,(H,30,33)(H,31,35)/b21-12+. The summed E-state index contributed by atoms with van der Waals surface area (Å²) >= 11 is 12.1. The molecular weight excluding hydrogens is 677 g/mol. The Hall–Kier alpha value is -3.09. The van der Waals surface area contributed by atoms with E-state index >= 15 is 0 Å². The first kappa shape index (κ1) is 27.0. The number of nitrogens with one attached hydrogen (secondary N) is 2. The monoisotopic (exact) mass is 695 g/mol. The van der Waals surface area contributed by atoms with Crippen LogP contribution in [0.15, 0.2) is 70.8 Å². The van der Waals surface area contributed by atoms with Gasteiger partial charge in [-0.2, -0.15) is 0 Å². The Balaban J connectivity index is 1.44. The van der Waals surface area contributed by atoms with Crippen LogP contribution >= 0.6 is 50.1 Å². The molecule has 11 heteroatoms. The summed E-state index contributed by atoms with van der Waals surface area (Å²) < 4.78 is 12.8. The lowest BCUT2D eigenvalue weighted by Gasteiger charge is -2.13. The summed E-state index contributed by atoms with van der Waals surface area (Å²) in [5.74, 6) is -0.262. The van der Waals surface area contributed by atoms with Gasteiger partial charge in [0.15, 0.2) is 5.75 Å². The minimum atomic E-state index is -0.700. The van der Waals surface area contributed by atoms with Crippen molar-refractivity contribution in [3.63, 3.8) is 0 Å². The number of urea groups is 1. The van der Waals surface area contributed by atoms with E-state index in [0.717, 1.165) is 14.0 Å². The van der Waals surface area contributed by atoms with Gasteiger partial charge < -0.3 is 20.1 Å². The average Bonchev–Trinajstić information content (AvgIpc) is 3.12. The fourth-order valence-electron chi connectivity index (χ4n) is 3.50. The highest BCUT2D eigenvalue weighted by atomic mass is 127. The summed E-state index contributed by atoms with van der Waals surface area (Å²) in [6, 6.07) is 17.4. The van der Waals surface area contributed by atoms with Crippen LogP contribution in [0, 0.1) is 3.57 Å². The van der Waals surface area contributed by atoms with Gasteiger partial charge in [0.25, 0.3) is 5.91 Å². The van der Waals surface area contributed by atoms with Crippen molar-refractivity contribution < 1.29 is 23.9 Å². The number of para-hydroxylation sites is 2. The molecule has 1 aliphatic rings. The lowest BCUT2D eigenvalue weighted by atomic mass is 10.1. The smallest absolute Gasteiger partial charge is 0.329 e. The van der Waals surface area contributed by atoms with Crippen molar-refractivity contribution >= 4 is 79.7 Å². The molecule has 8 nitrogen and oxygen atoms in total. The Kier molecular flexibility index (Phi) is 8.72. The molecule has 3 aromatic rings. The van der Waals surface area contributed by atoms with E-state index in [9.17, 15) is 14.4 Å². The molecule has 1 saturated heterocycles. The van der Waals surface area contributed by atoms with E-state index in [4.69, 9.17) is 21.1 Å². The van der Waals surface area contributed by atoms with Gasteiger partial charge in [-0.25, -0.2) is 9.69 Å². The van der Waals surface area contributed by atoms with Gasteiger partial charge in [0, 0.05) is 3.57 Å². The molecule has 0 aliphatic carbocycles. The van der Waals surface area contributed by atoms with Crippen LogP contribution in [0.1, 0.15) is 11.1 Å². The Morgan fingerprint density at radius 3 is 2.59 bits per heavy atom. The maximum atomic E-state index is 12.9. The van der Waals surface area contributed by atoms with E-state index in [1.54, 1.807) is 36.4 Å². The SMILES string of the molecule is COc1ccccc1NC(=O)CN1C(=O)N/C(=C/c2cc(Cl)c(OCc3ccc(I)cc3)c(Br)c2)C1=O. The van der Waals surface area contributed by atoms with Crippen molar-refractivity contribution in [2.75, 3.05) is 19.0 Å². The molecule has 1 fully saturated rings. The first-order chi connectivity index (χ1) is 17.7. The predicted octanol–water partition coefficient (Wildman–Crippen LogP) is 5.83. The van der Waals surface area contributed by atoms with Gasteiger partial charge in [-0.15, -0.1) is 0 Å². The van der Waals surface area contributed by atoms with Crippen LogP contribution in [0.2, 0.25) is 5.02 Å². The van der Waals surface area contributed by atoms with Gasteiger partial charge in [0.1, 0.15) is 24.6 Å². The van der Waals surface area contributed by atoms with E-state index in [1.165, 1.54) is 13.2 Å². The Bertz CT molecular complexity index is 1370. The van der Waals surface area contributed by atoms with Crippen LogP contribution < -0.4 is 20.1 Å². The number of carbonyl (C=O) groups excluding carboxylic acids is 3. The van der Waals surface area contributed by atoms with Gasteiger partial charge in [0.05, 0.1) is 22.3 Å². The third-order valence-corrected chi connectivity index (χ3v) is 6.86. The second-order valence-electron chi connectivity index (χ2n) is 7.86. The number of rotatable bonds is 8. The summed E-state index contributed by atoms with van der Waals surface area (Å²) in [7, 11) is 1.48. The topological polar surface area (TPSA) is 97.0 Å². The van der Waals surface area contributed by atoms with Crippen molar-refractivity contribution in [1.29, 1.82) is 0 Å². The molecule has 3 aromatic carbocycles. The van der Waals surface area contributed by atoms with E-state index < -0.39 is 24.4 Å². The summed E-state index contributed by atoms with van der Waals surface area (Å²) in [5, 5.41) is 5.48. The lowest BCUT2D eigenvalue weighted by Crippen LogP contribution is -2.38. The summed E-state index contributed by atoms with van der Waals surface area (Å²) in [6.45, 7) is -0.133. The second kappa shape index (κ2) is 12.0. The lowest BCUT2D eigenvalue weighted by molar-refractivity contribution is -0.127. The number of imide groups is 1. The molecule has 37 heavy (non-hydrogen) atoms. The largest absolute Gasteiger partial charge is 0.495 e. The molecule has 0 unspecified atom stereocenters. The van der Waals surface area contributed by atoms with Crippen molar-refractivity contribution in [3.8, 4) is 11.5 Å². The average molecular weight is 697 g/mol. The van der Waals surface area contributed by atoms with Crippen LogP contribution in [0.3, 0.4) is 0 Å². The molecule has 0 bridgehead atoms. The first-order valence-electron chi connectivity index (χ1n) is 10.9. The van der Waals surface area contributed by atoms with E-state index in [1.807, 2.05) is 24.3 Å². The number of benzene rings is 3. The van der Waals surface area contributed by atoms with Crippen molar-refractivity contribution in [2.45, 2.75) is 6.61 Å². The first-order valence-corrected chi connectivity index (χ1v) is 13.1. The van der Waals surface area contributed by atoms with E-state index in [2.05, 4.69) is 49.2 Å². The zero-order valence-electron chi connectivity index (χ0n) is 19.4. The molecule has 1 heterocycles. The number of anilines is 1. The number of nitrogens with zero attached hydrogens (tertiary/aromatic N) is 1. The summed E-state index contributed by atoms with van der Waals surface area (Å²) in [6.07, 6.45) is 1.48. The number of amides is 4. The van der Waals surface area contributed by atoms with Crippen LogP contribution in [0.5, 0.6) is 11.5 Å². The molecule has 4 amide bonds. The maximum Gasteiger partial charge on any atom is 0.329 e. The van der Waals surface area contributed by atoms with E-state index in [-0.39, 0.29) is 5.70 Å². The quantitative estimate of drug-likeness (QED) is 0.176. The predicted molar refractivity (Wildman–Crippen MR) is 152 cm³/mol. The fraction of sp³-hybridized carbons (Fsp3) is 0.115. The van der Waals surface area contributed by atoms with Crippen LogP contribution in [-0.4, -0.2) is 36.4 Å². The normalized spacial score (nSPS) is 14.1. The Labute approximate surface area is 240 Å². The number of carbonyl (C=O) groups is 3. The third kappa shape index (κ3) is 6.62. The molecule has 0 spiro atoms. The molecule has 1 aliphatic heterocycles. The fourth-order valence-corrected chi connectivity index (χ4v) is 4.85. The summed E-state index contributed by atoms with van der Waals surface area (Å²) in [5.41, 5.74) is 2.00. The van der Waals surface area contributed by atoms with E-state index in [0.29, 0.717) is 38.9 Å². The van der Waals surface area contributed by atoms with Crippen LogP contribution in [0.4, 0.5) is 10.5 Å². The third-order valence-electron chi connectivity index (χ3n) is 5.27.